The van der Waals surface area contributed by atoms with E-state index < -0.39 is 0 Å². The molecule has 120 valence electrons. The number of pyridine rings is 1. The molecule has 0 aliphatic carbocycles. The number of rotatable bonds is 4. The highest BCUT2D eigenvalue weighted by molar-refractivity contribution is 6.04. The zero-order valence-electron chi connectivity index (χ0n) is 12.9. The number of aromatic nitrogens is 3. The Morgan fingerprint density at radius 1 is 1.12 bits per heavy atom. The SMILES string of the molecule is Cc1cccc(NC(=O)c2cc(N)cc(Oc3cncnc3)c2)n1. The van der Waals surface area contributed by atoms with E-state index in [1.807, 2.05) is 19.1 Å². The van der Waals surface area contributed by atoms with E-state index in [-0.39, 0.29) is 5.91 Å². The second kappa shape index (κ2) is 6.74. The number of amides is 1. The molecule has 7 nitrogen and oxygen atoms in total. The molecular weight excluding hydrogens is 306 g/mol. The third-order valence-electron chi connectivity index (χ3n) is 3.09. The molecule has 0 saturated heterocycles. The Kier molecular flexibility index (Phi) is 4.33. The maximum Gasteiger partial charge on any atom is 0.257 e. The number of carbonyl (C=O) groups excluding carboxylic acids is 1. The van der Waals surface area contributed by atoms with Gasteiger partial charge < -0.3 is 15.8 Å². The van der Waals surface area contributed by atoms with Gasteiger partial charge in [0.1, 0.15) is 17.9 Å². The third kappa shape index (κ3) is 3.83. The maximum absolute atomic E-state index is 12.4. The number of ether oxygens (including phenoxy) is 1. The van der Waals surface area contributed by atoms with Crippen LogP contribution < -0.4 is 15.8 Å². The highest BCUT2D eigenvalue weighted by Gasteiger charge is 2.10. The molecule has 1 amide bonds. The van der Waals surface area contributed by atoms with E-state index in [0.717, 1.165) is 5.69 Å². The average Bonchev–Trinajstić information content (AvgIpc) is 2.55. The lowest BCUT2D eigenvalue weighted by Crippen LogP contribution is -2.13. The molecular formula is C17H15N5O2. The molecule has 0 aliphatic rings. The van der Waals surface area contributed by atoms with Crippen molar-refractivity contribution in [1.29, 1.82) is 0 Å². The average molecular weight is 321 g/mol. The molecule has 2 aromatic heterocycles. The first-order chi connectivity index (χ1) is 11.6. The second-order valence-corrected chi connectivity index (χ2v) is 5.09. The highest BCUT2D eigenvalue weighted by Crippen LogP contribution is 2.24. The Morgan fingerprint density at radius 3 is 2.67 bits per heavy atom. The van der Waals surface area contributed by atoms with Gasteiger partial charge in [0.05, 0.1) is 12.4 Å². The molecule has 1 aromatic carbocycles. The summed E-state index contributed by atoms with van der Waals surface area (Å²) in [5.41, 5.74) is 7.45. The summed E-state index contributed by atoms with van der Waals surface area (Å²) in [7, 11) is 0. The molecule has 0 bridgehead atoms. The lowest BCUT2D eigenvalue weighted by Gasteiger charge is -2.09. The molecule has 0 radical (unpaired) electrons. The first kappa shape index (κ1) is 15.4. The van der Waals surface area contributed by atoms with Crippen molar-refractivity contribution in [2.45, 2.75) is 6.92 Å². The van der Waals surface area contributed by atoms with Crippen LogP contribution in [-0.2, 0) is 0 Å². The number of hydrogen-bond acceptors (Lipinski definition) is 6. The number of anilines is 2. The van der Waals surface area contributed by atoms with Gasteiger partial charge in [0.2, 0.25) is 0 Å². The van der Waals surface area contributed by atoms with E-state index >= 15 is 0 Å². The fourth-order valence-electron chi connectivity index (χ4n) is 2.09. The van der Waals surface area contributed by atoms with Crippen molar-refractivity contribution in [3.05, 3.63) is 66.4 Å². The number of nitrogen functional groups attached to an aromatic ring is 1. The molecule has 0 unspecified atom stereocenters. The van der Waals surface area contributed by atoms with Crippen molar-refractivity contribution in [2.24, 2.45) is 0 Å². The first-order valence-electron chi connectivity index (χ1n) is 7.18. The number of benzene rings is 1. The van der Waals surface area contributed by atoms with Gasteiger partial charge in [-0.1, -0.05) is 6.07 Å². The summed E-state index contributed by atoms with van der Waals surface area (Å²) in [5.74, 6) is 1.03. The second-order valence-electron chi connectivity index (χ2n) is 5.09. The Labute approximate surface area is 138 Å². The maximum atomic E-state index is 12.4. The zero-order valence-corrected chi connectivity index (χ0v) is 12.9. The van der Waals surface area contributed by atoms with E-state index in [1.54, 1.807) is 24.3 Å². The largest absolute Gasteiger partial charge is 0.454 e. The Bertz CT molecular complexity index is 868. The van der Waals surface area contributed by atoms with Gasteiger partial charge in [0.25, 0.3) is 5.91 Å². The summed E-state index contributed by atoms with van der Waals surface area (Å²) in [4.78, 5) is 24.4. The minimum absolute atomic E-state index is 0.324. The predicted molar refractivity (Wildman–Crippen MR) is 89.9 cm³/mol. The van der Waals surface area contributed by atoms with Crippen molar-refractivity contribution in [3.63, 3.8) is 0 Å². The minimum Gasteiger partial charge on any atom is -0.454 e. The van der Waals surface area contributed by atoms with Gasteiger partial charge in [-0.05, 0) is 31.2 Å². The number of nitrogens with two attached hydrogens (primary N) is 1. The van der Waals surface area contributed by atoms with Crippen LogP contribution in [0.15, 0.2) is 55.1 Å². The van der Waals surface area contributed by atoms with Crippen LogP contribution >= 0.6 is 0 Å². The third-order valence-corrected chi connectivity index (χ3v) is 3.09. The molecule has 0 aliphatic heterocycles. The van der Waals surface area contributed by atoms with Gasteiger partial charge in [0.15, 0.2) is 5.75 Å². The summed E-state index contributed by atoms with van der Waals surface area (Å²) in [6.07, 6.45) is 4.44. The fraction of sp³-hybridized carbons (Fsp3) is 0.0588. The quantitative estimate of drug-likeness (QED) is 0.716. The summed E-state index contributed by atoms with van der Waals surface area (Å²) in [5, 5.41) is 2.73. The molecule has 24 heavy (non-hydrogen) atoms. The monoisotopic (exact) mass is 321 g/mol. The zero-order chi connectivity index (χ0) is 16.9. The Hall–Kier alpha value is -3.48. The van der Waals surface area contributed by atoms with Gasteiger partial charge in [0, 0.05) is 23.0 Å². The standard InChI is InChI=1S/C17H15N5O2/c1-11-3-2-4-16(21-11)22-17(23)12-5-13(18)7-14(6-12)24-15-8-19-10-20-9-15/h2-10H,18H2,1H3,(H,21,22,23). The number of nitrogens with one attached hydrogen (secondary N) is 1. The fourth-order valence-corrected chi connectivity index (χ4v) is 2.09. The lowest BCUT2D eigenvalue weighted by atomic mass is 10.1. The van der Waals surface area contributed by atoms with Crippen molar-refractivity contribution >= 4 is 17.4 Å². The van der Waals surface area contributed by atoms with E-state index in [4.69, 9.17) is 10.5 Å². The van der Waals surface area contributed by atoms with Crippen LogP contribution in [0.3, 0.4) is 0 Å². The molecule has 3 N–H and O–H groups in total. The molecule has 7 heteroatoms. The summed E-state index contributed by atoms with van der Waals surface area (Å²) in [6.45, 7) is 1.85. The number of carbonyl (C=O) groups is 1. The van der Waals surface area contributed by atoms with Crippen LogP contribution in [0.5, 0.6) is 11.5 Å². The Balaban J connectivity index is 1.81. The van der Waals surface area contributed by atoms with Crippen molar-refractivity contribution in [2.75, 3.05) is 11.1 Å². The summed E-state index contributed by atoms with van der Waals surface area (Å²) in [6, 6.07) is 10.2. The van der Waals surface area contributed by atoms with Gasteiger partial charge in [-0.15, -0.1) is 0 Å². The van der Waals surface area contributed by atoms with Crippen LogP contribution in [0.2, 0.25) is 0 Å². The summed E-state index contributed by atoms with van der Waals surface area (Å²) >= 11 is 0. The van der Waals surface area contributed by atoms with E-state index in [1.165, 1.54) is 18.7 Å². The van der Waals surface area contributed by atoms with Crippen LogP contribution in [0.25, 0.3) is 0 Å². The molecule has 0 fully saturated rings. The van der Waals surface area contributed by atoms with E-state index in [9.17, 15) is 4.79 Å². The van der Waals surface area contributed by atoms with Crippen molar-refractivity contribution in [1.82, 2.24) is 15.0 Å². The van der Waals surface area contributed by atoms with Crippen molar-refractivity contribution in [3.8, 4) is 11.5 Å². The lowest BCUT2D eigenvalue weighted by molar-refractivity contribution is 0.102. The topological polar surface area (TPSA) is 103 Å². The molecule has 0 atom stereocenters. The number of hydrogen-bond donors (Lipinski definition) is 2. The molecule has 3 rings (SSSR count). The molecule has 2 heterocycles. The first-order valence-corrected chi connectivity index (χ1v) is 7.18. The summed E-state index contributed by atoms with van der Waals surface area (Å²) < 4.78 is 5.62. The van der Waals surface area contributed by atoms with Crippen LogP contribution in [0.1, 0.15) is 16.1 Å². The highest BCUT2D eigenvalue weighted by atomic mass is 16.5. The smallest absolute Gasteiger partial charge is 0.257 e. The van der Waals surface area contributed by atoms with Crippen molar-refractivity contribution < 1.29 is 9.53 Å². The van der Waals surface area contributed by atoms with Crippen LogP contribution in [-0.4, -0.2) is 20.9 Å². The van der Waals surface area contributed by atoms with Crippen LogP contribution in [0.4, 0.5) is 11.5 Å². The van der Waals surface area contributed by atoms with E-state index in [2.05, 4.69) is 20.3 Å². The minimum atomic E-state index is -0.324. The molecule has 0 spiro atoms. The van der Waals surface area contributed by atoms with Gasteiger partial charge in [-0.2, -0.15) is 0 Å². The van der Waals surface area contributed by atoms with Crippen LogP contribution in [0, 0.1) is 6.92 Å². The van der Waals surface area contributed by atoms with Gasteiger partial charge in [-0.25, -0.2) is 15.0 Å². The van der Waals surface area contributed by atoms with Gasteiger partial charge in [-0.3, -0.25) is 4.79 Å². The van der Waals surface area contributed by atoms with Gasteiger partial charge >= 0.3 is 0 Å². The molecule has 0 saturated carbocycles. The van der Waals surface area contributed by atoms with E-state index in [0.29, 0.717) is 28.6 Å². The number of nitrogens with zero attached hydrogens (tertiary/aromatic N) is 3. The Morgan fingerprint density at radius 2 is 1.92 bits per heavy atom. The molecule has 3 aromatic rings. The predicted octanol–water partition coefficient (Wildman–Crippen LogP) is 2.81. The normalized spacial score (nSPS) is 10.2. The number of aryl methyl sites for hydroxylation is 1.